The zero-order chi connectivity index (χ0) is 20.0. The Balaban J connectivity index is 1.66. The van der Waals surface area contributed by atoms with Crippen LogP contribution >= 0.6 is 0 Å². The molecule has 0 bridgehead atoms. The molecule has 3 amide bonds. The molecule has 1 saturated carbocycles. The van der Waals surface area contributed by atoms with Gasteiger partial charge in [0.1, 0.15) is 5.75 Å². The lowest BCUT2D eigenvalue weighted by molar-refractivity contribution is -0.136. The van der Waals surface area contributed by atoms with Crippen LogP contribution in [0.5, 0.6) is 5.75 Å². The lowest BCUT2D eigenvalue weighted by Gasteiger charge is -2.18. The molecule has 0 radical (unpaired) electrons. The molecule has 148 valence electrons. The second-order valence-corrected chi connectivity index (χ2v) is 7.21. The van der Waals surface area contributed by atoms with E-state index in [1.807, 2.05) is 25.1 Å². The Kier molecular flexibility index (Phi) is 4.49. The highest BCUT2D eigenvalue weighted by molar-refractivity contribution is 6.07. The summed E-state index contributed by atoms with van der Waals surface area (Å²) in [5, 5.41) is 3.31. The summed E-state index contributed by atoms with van der Waals surface area (Å²) in [5.41, 5.74) is 2.20. The minimum absolute atomic E-state index is 0.275. The molecule has 1 aliphatic heterocycles. The van der Waals surface area contributed by atoms with Crippen LogP contribution in [0, 0.1) is 6.92 Å². The van der Waals surface area contributed by atoms with Gasteiger partial charge in [-0.05, 0) is 44.9 Å². The number of urea groups is 1. The molecule has 8 nitrogen and oxygen atoms in total. The second-order valence-electron chi connectivity index (χ2n) is 7.21. The number of imide groups is 1. The van der Waals surface area contributed by atoms with E-state index in [0.29, 0.717) is 23.9 Å². The smallest absolute Gasteiger partial charge is 0.341 e. The van der Waals surface area contributed by atoms with Crippen molar-refractivity contribution in [1.82, 2.24) is 14.8 Å². The minimum Gasteiger partial charge on any atom is -0.497 e. The van der Waals surface area contributed by atoms with E-state index in [4.69, 9.17) is 9.47 Å². The topological polar surface area (TPSA) is 89.9 Å². The Morgan fingerprint density at radius 3 is 2.64 bits per heavy atom. The molecule has 1 N–H and O–H groups in total. The molecular weight excluding hydrogens is 362 g/mol. The van der Waals surface area contributed by atoms with Gasteiger partial charge in [0.25, 0.3) is 5.91 Å². The largest absolute Gasteiger partial charge is 0.497 e. The molecular formula is C20H23N3O5. The molecule has 1 aliphatic carbocycles. The number of esters is 1. The molecule has 1 aromatic carbocycles. The highest BCUT2D eigenvalue weighted by atomic mass is 16.5. The van der Waals surface area contributed by atoms with E-state index in [1.165, 1.54) is 6.92 Å². The fourth-order valence-electron chi connectivity index (χ4n) is 3.78. The summed E-state index contributed by atoms with van der Waals surface area (Å²) in [5.74, 6) is -0.451. The monoisotopic (exact) mass is 385 g/mol. The Labute approximate surface area is 162 Å². The minimum atomic E-state index is -1.05. The van der Waals surface area contributed by atoms with Crippen molar-refractivity contribution >= 4 is 28.8 Å². The number of amides is 3. The third kappa shape index (κ3) is 2.98. The first-order valence-corrected chi connectivity index (χ1v) is 9.41. The van der Waals surface area contributed by atoms with Crippen molar-refractivity contribution in [2.24, 2.45) is 0 Å². The SMILES string of the molecule is COc1ccc2c(c1)c(C(=O)O[C@H](C)C(=O)N1CCNC1=O)c(C)n2C1CC1. The van der Waals surface area contributed by atoms with Crippen LogP contribution in [0.4, 0.5) is 4.79 Å². The first kappa shape index (κ1) is 18.3. The number of aromatic nitrogens is 1. The van der Waals surface area contributed by atoms with E-state index in [0.717, 1.165) is 34.3 Å². The van der Waals surface area contributed by atoms with Gasteiger partial charge in [-0.2, -0.15) is 0 Å². The van der Waals surface area contributed by atoms with Crippen LogP contribution in [0.25, 0.3) is 10.9 Å². The third-order valence-electron chi connectivity index (χ3n) is 5.33. The van der Waals surface area contributed by atoms with Crippen molar-refractivity contribution < 1.29 is 23.9 Å². The highest BCUT2D eigenvalue weighted by Gasteiger charge is 2.34. The van der Waals surface area contributed by atoms with Gasteiger partial charge in [-0.15, -0.1) is 0 Å². The highest BCUT2D eigenvalue weighted by Crippen LogP contribution is 2.42. The van der Waals surface area contributed by atoms with Crippen molar-refractivity contribution in [3.63, 3.8) is 0 Å². The van der Waals surface area contributed by atoms with E-state index >= 15 is 0 Å². The summed E-state index contributed by atoms with van der Waals surface area (Å²) in [7, 11) is 1.58. The van der Waals surface area contributed by atoms with Crippen LogP contribution in [-0.2, 0) is 9.53 Å². The molecule has 1 aromatic heterocycles. The maximum Gasteiger partial charge on any atom is 0.341 e. The molecule has 1 atom stereocenters. The van der Waals surface area contributed by atoms with Crippen LogP contribution in [0.1, 0.15) is 41.9 Å². The number of carbonyl (C=O) groups excluding carboxylic acids is 3. The van der Waals surface area contributed by atoms with E-state index in [1.54, 1.807) is 7.11 Å². The number of nitrogens with one attached hydrogen (secondary N) is 1. The van der Waals surface area contributed by atoms with Crippen molar-refractivity contribution in [1.29, 1.82) is 0 Å². The van der Waals surface area contributed by atoms with Gasteiger partial charge in [0.05, 0.1) is 12.7 Å². The Bertz CT molecular complexity index is 976. The van der Waals surface area contributed by atoms with Crippen molar-refractivity contribution in [2.75, 3.05) is 20.2 Å². The normalized spacial score (nSPS) is 17.5. The number of carbonyl (C=O) groups is 3. The van der Waals surface area contributed by atoms with Crippen molar-refractivity contribution in [3.05, 3.63) is 29.5 Å². The van der Waals surface area contributed by atoms with Crippen LogP contribution in [0.15, 0.2) is 18.2 Å². The van der Waals surface area contributed by atoms with E-state index in [-0.39, 0.29) is 6.54 Å². The van der Waals surface area contributed by atoms with Gasteiger partial charge in [0.2, 0.25) is 0 Å². The summed E-state index contributed by atoms with van der Waals surface area (Å²) >= 11 is 0. The van der Waals surface area contributed by atoms with E-state index < -0.39 is 24.0 Å². The first-order valence-electron chi connectivity index (χ1n) is 9.41. The maximum atomic E-state index is 13.0. The fraction of sp³-hybridized carbons (Fsp3) is 0.450. The summed E-state index contributed by atoms with van der Waals surface area (Å²) in [4.78, 5) is 38.2. The number of rotatable bonds is 5. The Morgan fingerprint density at radius 1 is 1.29 bits per heavy atom. The molecule has 0 spiro atoms. The predicted octanol–water partition coefficient (Wildman–Crippen LogP) is 2.39. The number of fused-ring (bicyclic) bond motifs is 1. The summed E-state index contributed by atoms with van der Waals surface area (Å²) in [6.07, 6.45) is 1.09. The van der Waals surface area contributed by atoms with Crippen LogP contribution in [0.3, 0.4) is 0 Å². The zero-order valence-electron chi connectivity index (χ0n) is 16.2. The van der Waals surface area contributed by atoms with Gasteiger partial charge in [0.15, 0.2) is 6.10 Å². The molecule has 2 heterocycles. The first-order chi connectivity index (χ1) is 13.4. The van der Waals surface area contributed by atoms with E-state index in [9.17, 15) is 14.4 Å². The van der Waals surface area contributed by atoms with Crippen molar-refractivity contribution in [3.8, 4) is 5.75 Å². The number of benzene rings is 1. The fourth-order valence-corrected chi connectivity index (χ4v) is 3.78. The van der Waals surface area contributed by atoms with Gasteiger partial charge in [-0.25, -0.2) is 9.59 Å². The average molecular weight is 385 g/mol. The summed E-state index contributed by atoms with van der Waals surface area (Å²) in [6.45, 7) is 4.05. The average Bonchev–Trinajstić information content (AvgIpc) is 3.34. The number of ether oxygens (including phenoxy) is 2. The predicted molar refractivity (Wildman–Crippen MR) is 101 cm³/mol. The maximum absolute atomic E-state index is 13.0. The standard InChI is InChI=1S/C20H23N3O5/c1-11-17(19(25)28-12(2)18(24)22-9-8-21-20(22)26)15-10-14(27-3)6-7-16(15)23(11)13-4-5-13/h6-7,10,12-13H,4-5,8-9H2,1-3H3,(H,21,26)/t12-/m1/s1. The third-order valence-corrected chi connectivity index (χ3v) is 5.33. The van der Waals surface area contributed by atoms with E-state index in [2.05, 4.69) is 9.88 Å². The molecule has 1 saturated heterocycles. The number of nitrogens with zero attached hydrogens (tertiary/aromatic N) is 2. The Morgan fingerprint density at radius 2 is 2.04 bits per heavy atom. The number of hydrogen-bond acceptors (Lipinski definition) is 5. The van der Waals surface area contributed by atoms with Gasteiger partial charge in [0, 0.05) is 35.7 Å². The summed E-state index contributed by atoms with van der Waals surface area (Å²) in [6, 6.07) is 5.55. The van der Waals surface area contributed by atoms with Gasteiger partial charge in [-0.3, -0.25) is 9.69 Å². The van der Waals surface area contributed by atoms with Crippen LogP contribution < -0.4 is 10.1 Å². The molecule has 2 aromatic rings. The second kappa shape index (κ2) is 6.85. The lowest BCUT2D eigenvalue weighted by Crippen LogP contribution is -2.41. The zero-order valence-corrected chi connectivity index (χ0v) is 16.2. The molecule has 2 fully saturated rings. The molecule has 0 unspecified atom stereocenters. The van der Waals surface area contributed by atoms with Gasteiger partial charge in [-0.1, -0.05) is 0 Å². The number of methoxy groups -OCH3 is 1. The van der Waals surface area contributed by atoms with Crippen LogP contribution in [-0.4, -0.2) is 53.7 Å². The molecule has 4 rings (SSSR count). The molecule has 2 aliphatic rings. The van der Waals surface area contributed by atoms with Crippen LogP contribution in [0.2, 0.25) is 0 Å². The number of hydrogen-bond donors (Lipinski definition) is 1. The lowest BCUT2D eigenvalue weighted by atomic mass is 10.1. The van der Waals surface area contributed by atoms with Gasteiger partial charge < -0.3 is 19.4 Å². The van der Waals surface area contributed by atoms with Gasteiger partial charge >= 0.3 is 12.0 Å². The molecule has 8 heteroatoms. The molecule has 28 heavy (non-hydrogen) atoms. The summed E-state index contributed by atoms with van der Waals surface area (Å²) < 4.78 is 12.9. The quantitative estimate of drug-likeness (QED) is 0.798. The Hall–Kier alpha value is -3.03. The van der Waals surface area contributed by atoms with Crippen molar-refractivity contribution in [2.45, 2.75) is 38.8 Å².